The zero-order valence-electron chi connectivity index (χ0n) is 13.5. The Hall–Kier alpha value is -1.56. The van der Waals surface area contributed by atoms with E-state index in [1.807, 2.05) is 0 Å². The van der Waals surface area contributed by atoms with Crippen molar-refractivity contribution in [1.82, 2.24) is 5.32 Å². The maximum absolute atomic E-state index is 12.9. The summed E-state index contributed by atoms with van der Waals surface area (Å²) in [6, 6.07) is 5.55. The van der Waals surface area contributed by atoms with Gasteiger partial charge in [-0.05, 0) is 43.2 Å². The van der Waals surface area contributed by atoms with Crippen LogP contribution in [-0.4, -0.2) is 18.5 Å². The van der Waals surface area contributed by atoms with E-state index in [2.05, 4.69) is 5.32 Å². The highest BCUT2D eigenvalue weighted by molar-refractivity contribution is 5.76. The van der Waals surface area contributed by atoms with Gasteiger partial charge in [0, 0.05) is 24.4 Å². The van der Waals surface area contributed by atoms with Crippen molar-refractivity contribution in [2.24, 2.45) is 11.7 Å². The number of hydrogen-bond acceptors (Lipinski definition) is 2. The van der Waals surface area contributed by atoms with Gasteiger partial charge in [-0.25, -0.2) is 0 Å². The van der Waals surface area contributed by atoms with Gasteiger partial charge >= 0.3 is 6.18 Å². The molecule has 0 heterocycles. The predicted octanol–water partition coefficient (Wildman–Crippen LogP) is 3.37. The summed E-state index contributed by atoms with van der Waals surface area (Å²) in [6.07, 6.45) is 0.690. The van der Waals surface area contributed by atoms with Crippen LogP contribution in [0.4, 0.5) is 13.2 Å². The van der Waals surface area contributed by atoms with Crippen LogP contribution in [0, 0.1) is 5.92 Å². The highest BCUT2D eigenvalue weighted by Gasteiger charge is 2.45. The minimum atomic E-state index is -4.34. The van der Waals surface area contributed by atoms with Gasteiger partial charge in [0.05, 0.1) is 5.56 Å². The fourth-order valence-electron chi connectivity index (χ4n) is 3.64. The van der Waals surface area contributed by atoms with Crippen molar-refractivity contribution >= 4 is 5.91 Å². The molecule has 2 fully saturated rings. The Balaban J connectivity index is 1.60. The largest absolute Gasteiger partial charge is 0.416 e. The average Bonchev–Trinajstić information content (AvgIpc) is 3.23. The molecule has 0 spiro atoms. The first kappa shape index (κ1) is 17.3. The Morgan fingerprint density at radius 1 is 1.29 bits per heavy atom. The van der Waals surface area contributed by atoms with Crippen molar-refractivity contribution in [3.05, 3.63) is 35.4 Å². The molecule has 0 radical (unpaired) electrons. The van der Waals surface area contributed by atoms with Gasteiger partial charge in [-0.2, -0.15) is 13.2 Å². The zero-order valence-corrected chi connectivity index (χ0v) is 13.5. The Morgan fingerprint density at radius 3 is 2.62 bits per heavy atom. The molecule has 2 saturated carbocycles. The van der Waals surface area contributed by atoms with Crippen molar-refractivity contribution in [2.45, 2.75) is 56.2 Å². The van der Waals surface area contributed by atoms with Crippen molar-refractivity contribution in [3.8, 4) is 0 Å². The smallest absolute Gasteiger partial charge is 0.355 e. The topological polar surface area (TPSA) is 55.1 Å². The molecule has 2 aliphatic rings. The Labute approximate surface area is 139 Å². The van der Waals surface area contributed by atoms with Crippen molar-refractivity contribution in [1.29, 1.82) is 0 Å². The number of rotatable bonds is 5. The highest BCUT2D eigenvalue weighted by atomic mass is 19.4. The minimum absolute atomic E-state index is 0.0457. The summed E-state index contributed by atoms with van der Waals surface area (Å²) in [5.74, 6) is 0.185. The number of alkyl halides is 3. The molecule has 132 valence electrons. The molecule has 1 aromatic rings. The third-order valence-corrected chi connectivity index (χ3v) is 5.45. The van der Waals surface area contributed by atoms with Crippen LogP contribution in [0.1, 0.15) is 49.7 Å². The maximum Gasteiger partial charge on any atom is 0.416 e. The average molecular weight is 340 g/mol. The summed E-state index contributed by atoms with van der Waals surface area (Å²) < 4.78 is 38.6. The molecular formula is C18H23F3N2O. The van der Waals surface area contributed by atoms with Gasteiger partial charge < -0.3 is 11.1 Å². The number of halogens is 3. The van der Waals surface area contributed by atoms with Crippen molar-refractivity contribution in [3.63, 3.8) is 0 Å². The van der Waals surface area contributed by atoms with Gasteiger partial charge in [0.25, 0.3) is 0 Å². The van der Waals surface area contributed by atoms with E-state index in [0.29, 0.717) is 18.5 Å². The Bertz CT molecular complexity index is 611. The predicted molar refractivity (Wildman–Crippen MR) is 85.3 cm³/mol. The lowest BCUT2D eigenvalue weighted by Crippen LogP contribution is -2.35. The van der Waals surface area contributed by atoms with Crippen molar-refractivity contribution in [2.75, 3.05) is 6.54 Å². The molecule has 0 bridgehead atoms. The van der Waals surface area contributed by atoms with E-state index in [1.54, 1.807) is 6.07 Å². The normalized spacial score (nSPS) is 25.5. The molecule has 6 heteroatoms. The SMILES string of the molecule is N[C@@H]1CCC[C@H]1CC(=O)NCC1(c2cccc(C(F)(F)F)c2)CC1. The molecule has 3 rings (SSSR count). The Morgan fingerprint density at radius 2 is 2.04 bits per heavy atom. The monoisotopic (exact) mass is 340 g/mol. The molecule has 1 aromatic carbocycles. The number of hydrogen-bond donors (Lipinski definition) is 2. The molecule has 24 heavy (non-hydrogen) atoms. The van der Waals surface area contributed by atoms with Crippen molar-refractivity contribution < 1.29 is 18.0 Å². The first-order chi connectivity index (χ1) is 11.3. The lowest BCUT2D eigenvalue weighted by molar-refractivity contribution is -0.137. The molecule has 2 atom stereocenters. The van der Waals surface area contributed by atoms with E-state index in [-0.39, 0.29) is 23.3 Å². The number of amides is 1. The van der Waals surface area contributed by atoms with Crippen LogP contribution in [0.3, 0.4) is 0 Å². The van der Waals surface area contributed by atoms with E-state index < -0.39 is 11.7 Å². The standard InChI is InChI=1S/C18H23F3N2O/c19-18(20,21)14-5-2-4-13(10-14)17(7-8-17)11-23-16(24)9-12-3-1-6-15(12)22/h2,4-5,10,12,15H,1,3,6-9,11,22H2,(H,23,24)/t12-,15+/m0/s1. The summed E-state index contributed by atoms with van der Waals surface area (Å²) in [4.78, 5) is 12.1. The minimum Gasteiger partial charge on any atom is -0.355 e. The van der Waals surface area contributed by atoms with Crippen LogP contribution in [0.15, 0.2) is 24.3 Å². The molecule has 0 aliphatic heterocycles. The van der Waals surface area contributed by atoms with Gasteiger partial charge in [0.2, 0.25) is 5.91 Å². The van der Waals surface area contributed by atoms with Gasteiger partial charge in [-0.3, -0.25) is 4.79 Å². The fourth-order valence-corrected chi connectivity index (χ4v) is 3.64. The molecule has 0 saturated heterocycles. The molecule has 2 aliphatic carbocycles. The van der Waals surface area contributed by atoms with Crippen LogP contribution in [0.2, 0.25) is 0 Å². The summed E-state index contributed by atoms with van der Waals surface area (Å²) in [6.45, 7) is 0.398. The van der Waals surface area contributed by atoms with E-state index in [9.17, 15) is 18.0 Å². The number of benzene rings is 1. The molecule has 0 unspecified atom stereocenters. The molecule has 3 nitrogen and oxygen atoms in total. The van der Waals surface area contributed by atoms with E-state index in [0.717, 1.165) is 38.2 Å². The van der Waals surface area contributed by atoms with Crippen LogP contribution >= 0.6 is 0 Å². The Kier molecular flexibility index (Phi) is 4.60. The quantitative estimate of drug-likeness (QED) is 0.863. The fraction of sp³-hybridized carbons (Fsp3) is 0.611. The van der Waals surface area contributed by atoms with E-state index >= 15 is 0 Å². The number of carbonyl (C=O) groups excluding carboxylic acids is 1. The van der Waals surface area contributed by atoms with Crippen LogP contribution < -0.4 is 11.1 Å². The number of carbonyl (C=O) groups is 1. The third-order valence-electron chi connectivity index (χ3n) is 5.45. The molecular weight excluding hydrogens is 317 g/mol. The van der Waals surface area contributed by atoms with Gasteiger partial charge in [0.15, 0.2) is 0 Å². The maximum atomic E-state index is 12.9. The van der Waals surface area contributed by atoms with Crippen LogP contribution in [0.25, 0.3) is 0 Å². The third kappa shape index (κ3) is 3.74. The molecule has 3 N–H and O–H groups in total. The second-order valence-corrected chi connectivity index (χ2v) is 7.19. The second-order valence-electron chi connectivity index (χ2n) is 7.19. The number of nitrogens with one attached hydrogen (secondary N) is 1. The van der Waals surface area contributed by atoms with Gasteiger partial charge in [0.1, 0.15) is 0 Å². The summed E-state index contributed by atoms with van der Waals surface area (Å²) in [5.41, 5.74) is 5.68. The second kappa shape index (κ2) is 6.39. The highest BCUT2D eigenvalue weighted by Crippen LogP contribution is 2.48. The van der Waals surface area contributed by atoms with Gasteiger partial charge in [-0.1, -0.05) is 24.6 Å². The molecule has 1 amide bonds. The van der Waals surface area contributed by atoms with Gasteiger partial charge in [-0.15, -0.1) is 0 Å². The molecule has 0 aromatic heterocycles. The summed E-state index contributed by atoms with van der Waals surface area (Å²) in [5, 5.41) is 2.91. The van der Waals surface area contributed by atoms with Crippen LogP contribution in [0.5, 0.6) is 0 Å². The first-order valence-electron chi connectivity index (χ1n) is 8.50. The van der Waals surface area contributed by atoms with Crippen LogP contribution in [-0.2, 0) is 16.4 Å². The van der Waals surface area contributed by atoms with E-state index in [1.165, 1.54) is 12.1 Å². The summed E-state index contributed by atoms with van der Waals surface area (Å²) in [7, 11) is 0. The lowest BCUT2D eigenvalue weighted by Gasteiger charge is -2.20. The summed E-state index contributed by atoms with van der Waals surface area (Å²) >= 11 is 0. The first-order valence-corrected chi connectivity index (χ1v) is 8.50. The zero-order chi connectivity index (χ0) is 17.4. The number of nitrogens with two attached hydrogens (primary N) is 1. The lowest BCUT2D eigenvalue weighted by atomic mass is 9.93. The van der Waals surface area contributed by atoms with E-state index in [4.69, 9.17) is 5.73 Å².